The Hall–Kier alpha value is -1.03. The van der Waals surface area contributed by atoms with Crippen LogP contribution in [0.4, 0.5) is 4.39 Å². The second-order valence-corrected chi connectivity index (χ2v) is 3.36. The molecule has 0 amide bonds. The third-order valence-corrected chi connectivity index (χ3v) is 2.55. The molecule has 0 saturated carbocycles. The summed E-state index contributed by atoms with van der Waals surface area (Å²) in [6.45, 7) is 1.94. The highest BCUT2D eigenvalue weighted by Gasteiger charge is 2.32. The van der Waals surface area contributed by atoms with Gasteiger partial charge in [0.15, 0.2) is 0 Å². The van der Waals surface area contributed by atoms with Gasteiger partial charge in [-0.25, -0.2) is 4.39 Å². The SMILES string of the molecule is CCc1ccc2c(c1F)CB(OC)O2. The summed E-state index contributed by atoms with van der Waals surface area (Å²) in [5.74, 6) is 0.483. The molecule has 0 unspecified atom stereocenters. The van der Waals surface area contributed by atoms with Gasteiger partial charge in [0.1, 0.15) is 11.6 Å². The molecule has 4 heteroatoms. The van der Waals surface area contributed by atoms with E-state index in [0.29, 0.717) is 24.1 Å². The third kappa shape index (κ3) is 1.40. The van der Waals surface area contributed by atoms with Gasteiger partial charge in [0, 0.05) is 19.0 Å². The van der Waals surface area contributed by atoms with Gasteiger partial charge in [-0.3, -0.25) is 0 Å². The first-order valence-corrected chi connectivity index (χ1v) is 4.76. The van der Waals surface area contributed by atoms with Crippen LogP contribution >= 0.6 is 0 Å². The maximum absolute atomic E-state index is 13.7. The van der Waals surface area contributed by atoms with E-state index in [4.69, 9.17) is 9.31 Å². The monoisotopic (exact) mass is 194 g/mol. The average Bonchev–Trinajstić information content (AvgIpc) is 2.62. The molecule has 0 aromatic heterocycles. The highest BCUT2D eigenvalue weighted by Crippen LogP contribution is 2.31. The molecule has 1 aromatic carbocycles. The van der Waals surface area contributed by atoms with Gasteiger partial charge in [0.25, 0.3) is 0 Å². The molecule has 0 spiro atoms. The lowest BCUT2D eigenvalue weighted by Gasteiger charge is -2.05. The zero-order valence-corrected chi connectivity index (χ0v) is 8.34. The zero-order valence-electron chi connectivity index (χ0n) is 8.34. The van der Waals surface area contributed by atoms with E-state index in [1.54, 1.807) is 13.2 Å². The van der Waals surface area contributed by atoms with Crippen LogP contribution < -0.4 is 4.65 Å². The summed E-state index contributed by atoms with van der Waals surface area (Å²) in [5, 5.41) is 0. The van der Waals surface area contributed by atoms with Crippen LogP contribution in [0.1, 0.15) is 18.1 Å². The van der Waals surface area contributed by atoms with Crippen LogP contribution in [0.15, 0.2) is 12.1 Å². The van der Waals surface area contributed by atoms with Gasteiger partial charge in [-0.05, 0) is 18.1 Å². The summed E-state index contributed by atoms with van der Waals surface area (Å²) in [4.78, 5) is 0. The van der Waals surface area contributed by atoms with Crippen LogP contribution in [-0.2, 0) is 17.4 Å². The van der Waals surface area contributed by atoms with Gasteiger partial charge in [0.05, 0.1) is 0 Å². The van der Waals surface area contributed by atoms with Crippen LogP contribution in [0.3, 0.4) is 0 Å². The van der Waals surface area contributed by atoms with Gasteiger partial charge >= 0.3 is 7.12 Å². The maximum atomic E-state index is 13.7. The minimum atomic E-state index is -0.327. The Labute approximate surface area is 83.2 Å². The van der Waals surface area contributed by atoms with Crippen molar-refractivity contribution in [1.29, 1.82) is 0 Å². The summed E-state index contributed by atoms with van der Waals surface area (Å²) < 4.78 is 24.2. The molecular weight excluding hydrogens is 182 g/mol. The minimum absolute atomic E-state index is 0.135. The minimum Gasteiger partial charge on any atom is -0.536 e. The van der Waals surface area contributed by atoms with Gasteiger partial charge < -0.3 is 9.31 Å². The van der Waals surface area contributed by atoms with Gasteiger partial charge in [-0.2, -0.15) is 0 Å². The predicted octanol–water partition coefficient (Wildman–Crippen LogP) is 2.00. The molecular formula is C10H12BFO2. The molecule has 0 fully saturated rings. The number of aryl methyl sites for hydroxylation is 1. The molecule has 0 N–H and O–H groups in total. The molecule has 2 rings (SSSR count). The van der Waals surface area contributed by atoms with E-state index < -0.39 is 0 Å². The zero-order chi connectivity index (χ0) is 10.1. The van der Waals surface area contributed by atoms with Crippen LogP contribution in [0, 0.1) is 5.82 Å². The van der Waals surface area contributed by atoms with Crippen molar-refractivity contribution in [2.75, 3.05) is 7.11 Å². The van der Waals surface area contributed by atoms with Crippen molar-refractivity contribution >= 4 is 7.12 Å². The van der Waals surface area contributed by atoms with E-state index in [2.05, 4.69) is 0 Å². The fourth-order valence-electron chi connectivity index (χ4n) is 1.71. The predicted molar refractivity (Wildman–Crippen MR) is 52.9 cm³/mol. The summed E-state index contributed by atoms with van der Waals surface area (Å²) >= 11 is 0. The molecule has 0 radical (unpaired) electrons. The second-order valence-electron chi connectivity index (χ2n) is 3.36. The second kappa shape index (κ2) is 3.61. The lowest BCUT2D eigenvalue weighted by atomic mass is 9.83. The largest absolute Gasteiger partial charge is 0.536 e. The number of rotatable bonds is 2. The molecule has 0 bridgehead atoms. The van der Waals surface area contributed by atoms with E-state index >= 15 is 0 Å². The van der Waals surface area contributed by atoms with Crippen molar-refractivity contribution in [2.24, 2.45) is 0 Å². The van der Waals surface area contributed by atoms with Crippen LogP contribution in [0.25, 0.3) is 0 Å². The Bertz CT molecular complexity index is 354. The smallest absolute Gasteiger partial charge is 0.529 e. The Balaban J connectivity index is 2.38. The summed E-state index contributed by atoms with van der Waals surface area (Å²) in [7, 11) is 1.24. The molecule has 1 aliphatic heterocycles. The first-order chi connectivity index (χ1) is 6.76. The number of benzene rings is 1. The number of fused-ring (bicyclic) bond motifs is 1. The van der Waals surface area contributed by atoms with Crippen LogP contribution in [-0.4, -0.2) is 14.2 Å². The van der Waals surface area contributed by atoms with Crippen molar-refractivity contribution in [3.63, 3.8) is 0 Å². The molecule has 0 saturated heterocycles. The third-order valence-electron chi connectivity index (χ3n) is 2.55. The van der Waals surface area contributed by atoms with Gasteiger partial charge in [0.2, 0.25) is 0 Å². The molecule has 2 nitrogen and oxygen atoms in total. The first kappa shape index (κ1) is 9.53. The Morgan fingerprint density at radius 2 is 2.36 bits per heavy atom. The first-order valence-electron chi connectivity index (χ1n) is 4.76. The fourth-order valence-corrected chi connectivity index (χ4v) is 1.71. The van der Waals surface area contributed by atoms with E-state index in [9.17, 15) is 4.39 Å². The van der Waals surface area contributed by atoms with Crippen LogP contribution in [0.2, 0.25) is 0 Å². The van der Waals surface area contributed by atoms with Crippen molar-refractivity contribution < 1.29 is 13.7 Å². The number of hydrogen-bond donors (Lipinski definition) is 0. The Kier molecular flexibility index (Phi) is 2.46. The number of halogens is 1. The molecule has 1 heterocycles. The van der Waals surface area contributed by atoms with Crippen LogP contribution in [0.5, 0.6) is 5.75 Å². The van der Waals surface area contributed by atoms with Crippen molar-refractivity contribution in [2.45, 2.75) is 19.7 Å². The Morgan fingerprint density at radius 3 is 3.00 bits per heavy atom. The van der Waals surface area contributed by atoms with E-state index in [0.717, 1.165) is 5.56 Å². The molecule has 0 aliphatic carbocycles. The van der Waals surface area contributed by atoms with E-state index in [1.807, 2.05) is 13.0 Å². The van der Waals surface area contributed by atoms with Crippen molar-refractivity contribution in [3.8, 4) is 5.75 Å². The quantitative estimate of drug-likeness (QED) is 0.670. The number of hydrogen-bond acceptors (Lipinski definition) is 2. The molecule has 1 aromatic rings. The van der Waals surface area contributed by atoms with E-state index in [-0.39, 0.29) is 12.9 Å². The summed E-state index contributed by atoms with van der Waals surface area (Å²) in [6.07, 6.45) is 1.21. The highest BCUT2D eigenvalue weighted by molar-refractivity contribution is 6.46. The van der Waals surface area contributed by atoms with Gasteiger partial charge in [-0.15, -0.1) is 0 Å². The lowest BCUT2D eigenvalue weighted by molar-refractivity contribution is 0.344. The molecule has 0 atom stereocenters. The summed E-state index contributed by atoms with van der Waals surface area (Å²) in [5.41, 5.74) is 1.39. The molecule has 1 aliphatic rings. The molecule has 74 valence electrons. The van der Waals surface area contributed by atoms with E-state index in [1.165, 1.54) is 0 Å². The van der Waals surface area contributed by atoms with Gasteiger partial charge in [-0.1, -0.05) is 13.0 Å². The molecule has 14 heavy (non-hydrogen) atoms. The average molecular weight is 194 g/mol. The normalized spacial score (nSPS) is 14.1. The summed E-state index contributed by atoms with van der Waals surface area (Å²) in [6, 6.07) is 3.59. The Morgan fingerprint density at radius 1 is 1.57 bits per heavy atom. The lowest BCUT2D eigenvalue weighted by Crippen LogP contribution is -2.21. The van der Waals surface area contributed by atoms with Crippen molar-refractivity contribution in [3.05, 3.63) is 29.1 Å². The fraction of sp³-hybridized carbons (Fsp3) is 0.400. The maximum Gasteiger partial charge on any atom is 0.529 e. The standard InChI is InChI=1S/C10H12BFO2/c1-3-7-4-5-9-8(10(7)12)6-11(13-2)14-9/h4-5H,3,6H2,1-2H3. The van der Waals surface area contributed by atoms with Crippen molar-refractivity contribution in [1.82, 2.24) is 0 Å². The topological polar surface area (TPSA) is 18.5 Å². The highest BCUT2D eigenvalue weighted by atomic mass is 19.1.